The van der Waals surface area contributed by atoms with Crippen LogP contribution < -0.4 is 5.32 Å². The smallest absolute Gasteiger partial charge is 0.218 e. The predicted octanol–water partition coefficient (Wildman–Crippen LogP) is 0.815. The fourth-order valence-electron chi connectivity index (χ4n) is 2.25. The van der Waals surface area contributed by atoms with Gasteiger partial charge in [0, 0.05) is 26.2 Å². The molecular formula is C12H26N2O3S. The van der Waals surface area contributed by atoms with E-state index in [0.29, 0.717) is 19.7 Å². The number of ether oxygens (including phenoxy) is 1. The summed E-state index contributed by atoms with van der Waals surface area (Å²) >= 11 is 0. The highest BCUT2D eigenvalue weighted by atomic mass is 32.2. The van der Waals surface area contributed by atoms with Gasteiger partial charge in [-0.1, -0.05) is 6.92 Å². The minimum atomic E-state index is -3.22. The zero-order valence-electron chi connectivity index (χ0n) is 11.7. The van der Waals surface area contributed by atoms with E-state index >= 15 is 0 Å². The van der Waals surface area contributed by atoms with Gasteiger partial charge in [0.15, 0.2) is 0 Å². The molecule has 0 amide bonds. The Morgan fingerprint density at radius 2 is 2.22 bits per heavy atom. The first-order chi connectivity index (χ1) is 8.54. The van der Waals surface area contributed by atoms with Crippen molar-refractivity contribution >= 4 is 10.0 Å². The third kappa shape index (κ3) is 3.91. The minimum Gasteiger partial charge on any atom is -0.383 e. The van der Waals surface area contributed by atoms with Crippen LogP contribution in [0.5, 0.6) is 0 Å². The predicted molar refractivity (Wildman–Crippen MR) is 73.1 cm³/mol. The highest BCUT2D eigenvalue weighted by Gasteiger charge is 2.34. The van der Waals surface area contributed by atoms with Crippen molar-refractivity contribution in [3.05, 3.63) is 0 Å². The average Bonchev–Trinajstić information content (AvgIpc) is 2.39. The molecule has 0 aliphatic carbocycles. The van der Waals surface area contributed by atoms with Crippen LogP contribution in [0, 0.1) is 0 Å². The molecule has 1 N–H and O–H groups in total. The number of piperidine rings is 1. The van der Waals surface area contributed by atoms with Gasteiger partial charge in [-0.15, -0.1) is 0 Å². The lowest BCUT2D eigenvalue weighted by atomic mass is 10.2. The van der Waals surface area contributed by atoms with E-state index in [4.69, 9.17) is 4.74 Å². The highest BCUT2D eigenvalue weighted by Crippen LogP contribution is 2.19. The lowest BCUT2D eigenvalue weighted by molar-refractivity contribution is 0.166. The van der Waals surface area contributed by atoms with Crippen LogP contribution in [0.15, 0.2) is 0 Å². The van der Waals surface area contributed by atoms with Gasteiger partial charge in [-0.2, -0.15) is 4.31 Å². The van der Waals surface area contributed by atoms with Crippen molar-refractivity contribution in [3.63, 3.8) is 0 Å². The molecule has 1 aliphatic rings. The molecular weight excluding hydrogens is 252 g/mol. The van der Waals surface area contributed by atoms with Crippen LogP contribution in [-0.2, 0) is 14.8 Å². The Balaban J connectivity index is 2.80. The molecule has 0 aromatic heterocycles. The fraction of sp³-hybridized carbons (Fsp3) is 1.00. The van der Waals surface area contributed by atoms with Crippen molar-refractivity contribution in [2.75, 3.05) is 33.4 Å². The summed E-state index contributed by atoms with van der Waals surface area (Å²) in [6.45, 7) is 6.37. The molecule has 0 spiro atoms. The van der Waals surface area contributed by atoms with Gasteiger partial charge >= 0.3 is 0 Å². The second-order valence-electron chi connectivity index (χ2n) is 4.87. The number of nitrogens with zero attached hydrogens (tertiary/aromatic N) is 1. The summed E-state index contributed by atoms with van der Waals surface area (Å²) in [4.78, 5) is 0. The Kier molecular flexibility index (Phi) is 6.55. The summed E-state index contributed by atoms with van der Waals surface area (Å²) in [6.07, 6.45) is 2.51. The number of nitrogens with one attached hydrogen (secondary N) is 1. The first-order valence-corrected chi connectivity index (χ1v) is 8.24. The quantitative estimate of drug-likeness (QED) is 0.749. The van der Waals surface area contributed by atoms with Crippen LogP contribution in [0.2, 0.25) is 0 Å². The van der Waals surface area contributed by atoms with Gasteiger partial charge < -0.3 is 10.1 Å². The average molecular weight is 278 g/mol. The molecule has 0 saturated carbocycles. The molecule has 2 atom stereocenters. The number of hydrogen-bond acceptors (Lipinski definition) is 4. The largest absolute Gasteiger partial charge is 0.383 e. The van der Waals surface area contributed by atoms with E-state index in [9.17, 15) is 8.42 Å². The Hall–Kier alpha value is -0.170. The van der Waals surface area contributed by atoms with Crippen LogP contribution in [0.4, 0.5) is 0 Å². The van der Waals surface area contributed by atoms with Crippen molar-refractivity contribution in [1.82, 2.24) is 9.62 Å². The van der Waals surface area contributed by atoms with Gasteiger partial charge in [-0.25, -0.2) is 8.42 Å². The first kappa shape index (κ1) is 15.9. The molecule has 1 aliphatic heterocycles. The van der Waals surface area contributed by atoms with Gasteiger partial charge in [-0.3, -0.25) is 0 Å². The van der Waals surface area contributed by atoms with Crippen molar-refractivity contribution < 1.29 is 13.2 Å². The summed E-state index contributed by atoms with van der Waals surface area (Å²) in [7, 11) is -1.62. The lowest BCUT2D eigenvalue weighted by Crippen LogP contribution is -2.50. The third-order valence-corrected chi connectivity index (χ3v) is 6.04. The van der Waals surface area contributed by atoms with Gasteiger partial charge in [0.2, 0.25) is 10.0 Å². The molecule has 6 heteroatoms. The second-order valence-corrected chi connectivity index (χ2v) is 7.04. The lowest BCUT2D eigenvalue weighted by Gasteiger charge is -2.33. The van der Waals surface area contributed by atoms with Crippen LogP contribution in [0.25, 0.3) is 0 Å². The molecule has 1 saturated heterocycles. The van der Waals surface area contributed by atoms with E-state index in [2.05, 4.69) is 5.32 Å². The topological polar surface area (TPSA) is 58.6 Å². The van der Waals surface area contributed by atoms with Crippen LogP contribution in [0.3, 0.4) is 0 Å². The number of hydrogen-bond donors (Lipinski definition) is 1. The maximum atomic E-state index is 12.6. The number of rotatable bonds is 7. The van der Waals surface area contributed by atoms with Crippen molar-refractivity contribution in [1.29, 1.82) is 0 Å². The summed E-state index contributed by atoms with van der Waals surface area (Å²) in [5, 5.41) is 2.89. The fourth-order valence-corrected chi connectivity index (χ4v) is 4.40. The zero-order valence-corrected chi connectivity index (χ0v) is 12.5. The summed E-state index contributed by atoms with van der Waals surface area (Å²) in [6, 6.07) is 0.0343. The molecule has 0 bridgehead atoms. The van der Waals surface area contributed by atoms with Crippen LogP contribution in [0.1, 0.15) is 33.1 Å². The third-order valence-electron chi connectivity index (χ3n) is 3.60. The van der Waals surface area contributed by atoms with Gasteiger partial charge in [0.25, 0.3) is 0 Å². The first-order valence-electron chi connectivity index (χ1n) is 6.74. The van der Waals surface area contributed by atoms with Crippen LogP contribution in [-0.4, -0.2) is 57.4 Å². The maximum Gasteiger partial charge on any atom is 0.218 e. The van der Waals surface area contributed by atoms with E-state index in [1.165, 1.54) is 0 Å². The second kappa shape index (κ2) is 7.43. The zero-order chi connectivity index (χ0) is 13.6. The molecule has 1 fully saturated rings. The van der Waals surface area contributed by atoms with E-state index < -0.39 is 10.0 Å². The van der Waals surface area contributed by atoms with E-state index in [0.717, 1.165) is 25.8 Å². The Morgan fingerprint density at radius 3 is 2.72 bits per heavy atom. The van der Waals surface area contributed by atoms with Crippen LogP contribution >= 0.6 is 0 Å². The Morgan fingerprint density at radius 1 is 1.50 bits per heavy atom. The summed E-state index contributed by atoms with van der Waals surface area (Å²) in [5.74, 6) is 0. The molecule has 0 aromatic rings. The molecule has 0 aromatic carbocycles. The molecule has 0 radical (unpaired) electrons. The molecule has 1 heterocycles. The monoisotopic (exact) mass is 278 g/mol. The van der Waals surface area contributed by atoms with Crippen molar-refractivity contribution in [2.24, 2.45) is 0 Å². The number of methoxy groups -OCH3 is 1. The normalized spacial score (nSPS) is 23.2. The molecule has 108 valence electrons. The molecule has 1 rings (SSSR count). The Labute approximate surface area is 111 Å². The maximum absolute atomic E-state index is 12.6. The highest BCUT2D eigenvalue weighted by molar-refractivity contribution is 7.89. The number of sulfonamides is 1. The SMILES string of the molecule is CCC(C)N(CCOC)S(=O)(=O)C1CCCNC1. The Bertz CT molecular complexity index is 326. The van der Waals surface area contributed by atoms with E-state index in [1.807, 2.05) is 13.8 Å². The standard InChI is InChI=1S/C12H26N2O3S/c1-4-11(2)14(8-9-17-3)18(15,16)12-6-5-7-13-10-12/h11-13H,4-10H2,1-3H3. The minimum absolute atomic E-state index is 0.0343. The van der Waals surface area contributed by atoms with Crippen molar-refractivity contribution in [2.45, 2.75) is 44.4 Å². The van der Waals surface area contributed by atoms with E-state index in [-0.39, 0.29) is 11.3 Å². The van der Waals surface area contributed by atoms with Crippen molar-refractivity contribution in [3.8, 4) is 0 Å². The molecule has 5 nitrogen and oxygen atoms in total. The van der Waals surface area contributed by atoms with Gasteiger partial charge in [-0.05, 0) is 32.7 Å². The molecule has 18 heavy (non-hydrogen) atoms. The molecule has 2 unspecified atom stereocenters. The van der Waals surface area contributed by atoms with Gasteiger partial charge in [0.1, 0.15) is 0 Å². The van der Waals surface area contributed by atoms with E-state index in [1.54, 1.807) is 11.4 Å². The summed E-state index contributed by atoms with van der Waals surface area (Å²) < 4.78 is 31.9. The summed E-state index contributed by atoms with van der Waals surface area (Å²) in [5.41, 5.74) is 0. The van der Waals surface area contributed by atoms with Gasteiger partial charge in [0.05, 0.1) is 11.9 Å².